The predicted octanol–water partition coefficient (Wildman–Crippen LogP) is 14.5. The maximum Gasteiger partial charge on any atom is 0.166 e. The van der Waals surface area contributed by atoms with Gasteiger partial charge in [0, 0.05) is 59.9 Å². The third-order valence-corrected chi connectivity index (χ3v) is 13.8. The van der Waals surface area contributed by atoms with Gasteiger partial charge in [-0.05, 0) is 95.8 Å². The van der Waals surface area contributed by atoms with Gasteiger partial charge >= 0.3 is 0 Å². The average molecular weight is 884 g/mol. The van der Waals surface area contributed by atoms with Crippen molar-refractivity contribution in [3.05, 3.63) is 223 Å². The third kappa shape index (κ3) is 6.30. The van der Waals surface area contributed by atoms with E-state index in [9.17, 15) is 0 Å². The van der Waals surface area contributed by atoms with Crippen LogP contribution in [0.25, 0.3) is 135 Å². The van der Waals surface area contributed by atoms with E-state index in [0.29, 0.717) is 17.5 Å². The number of fused-ring (bicyclic) bond motifs is 9. The van der Waals surface area contributed by atoms with Crippen LogP contribution in [0.4, 0.5) is 0 Å². The zero-order valence-corrected chi connectivity index (χ0v) is 37.4. The highest BCUT2D eigenvalue weighted by Gasteiger charge is 2.24. The van der Waals surface area contributed by atoms with Crippen LogP contribution in [0.5, 0.6) is 0 Å². The highest BCUT2D eigenvalue weighted by atomic mass is 16.3. The lowest BCUT2D eigenvalue weighted by atomic mass is 9.95. The molecular formula is C63H41N5O. The molecule has 324 valence electrons. The molecule has 14 rings (SSSR count). The zero-order valence-electron chi connectivity index (χ0n) is 37.4. The molecular weight excluding hydrogens is 843 g/mol. The number of hydrogen-bond donors (Lipinski definition) is 0. The molecule has 0 bridgehead atoms. The van der Waals surface area contributed by atoms with Gasteiger partial charge < -0.3 is 13.6 Å². The number of benzene rings is 9. The van der Waals surface area contributed by atoms with Crippen LogP contribution in [-0.2, 0) is 0 Å². The lowest BCUT2D eigenvalue weighted by molar-refractivity contribution is 0.669. The van der Waals surface area contributed by atoms with Gasteiger partial charge in [-0.1, -0.05) is 164 Å². The Morgan fingerprint density at radius 3 is 1.75 bits per heavy atom. The summed E-state index contributed by atoms with van der Waals surface area (Å²) in [6, 6.07) is 75.0. The van der Waals surface area contributed by atoms with Gasteiger partial charge in [0.1, 0.15) is 11.2 Å². The largest absolute Gasteiger partial charge is 0.456 e. The molecule has 0 saturated heterocycles. The highest BCUT2D eigenvalue weighted by Crippen LogP contribution is 2.41. The van der Waals surface area contributed by atoms with E-state index >= 15 is 0 Å². The van der Waals surface area contributed by atoms with E-state index < -0.39 is 0 Å². The average Bonchev–Trinajstić information content (AvgIpc) is 4.09. The minimum Gasteiger partial charge on any atom is -0.456 e. The summed E-state index contributed by atoms with van der Waals surface area (Å²) in [4.78, 5) is 15.9. The molecule has 4 aromatic heterocycles. The number of rotatable bonds is 7. The Kier molecular flexibility index (Phi) is 8.92. The van der Waals surface area contributed by atoms with Crippen molar-refractivity contribution in [2.75, 3.05) is 0 Å². The lowest BCUT2D eigenvalue weighted by Gasteiger charge is -2.16. The Balaban J connectivity index is 1.04. The molecule has 6 nitrogen and oxygen atoms in total. The maximum atomic E-state index is 6.39. The van der Waals surface area contributed by atoms with Crippen LogP contribution in [0.1, 0.15) is 12.8 Å². The summed E-state index contributed by atoms with van der Waals surface area (Å²) >= 11 is 0. The van der Waals surface area contributed by atoms with Crippen LogP contribution in [-0.4, -0.2) is 24.1 Å². The summed E-state index contributed by atoms with van der Waals surface area (Å²) in [7, 11) is 0. The van der Waals surface area contributed by atoms with Gasteiger partial charge in [0.15, 0.2) is 17.5 Å². The fraction of sp³-hybridized carbons (Fsp3) is 0.0317. The number of furan rings is 1. The molecule has 9 aromatic carbocycles. The van der Waals surface area contributed by atoms with Crippen molar-refractivity contribution >= 4 is 66.8 Å². The van der Waals surface area contributed by atoms with E-state index in [2.05, 4.69) is 197 Å². The molecule has 1 aliphatic rings. The van der Waals surface area contributed by atoms with Crippen molar-refractivity contribution < 1.29 is 4.42 Å². The molecule has 4 heterocycles. The second-order valence-corrected chi connectivity index (χ2v) is 17.8. The quantitative estimate of drug-likeness (QED) is 0.160. The Labute approximate surface area is 397 Å². The standard InChI is InChI=1S/C63H41N5O/c1-4-18-40(19-5-1)42-34-37-51(63-65-61(41-20-6-2-7-21-41)64-62(66-63)43-35-36-46-45-24-12-15-33-57(45)69-58(46)39-43)56(38-42)68-53-30-14-11-26-50(53)60-48(28-17-32-55(60)68)47-27-16-31-54-59(47)49-25-10-13-29-52(49)67(54)44-22-8-3-9-23-44/h1-10,12-13,15-39H,11,14H2. The second kappa shape index (κ2) is 15.8. The van der Waals surface area contributed by atoms with Crippen molar-refractivity contribution in [2.24, 2.45) is 0 Å². The summed E-state index contributed by atoms with van der Waals surface area (Å²) in [5.41, 5.74) is 14.6. The molecule has 69 heavy (non-hydrogen) atoms. The lowest BCUT2D eigenvalue weighted by Crippen LogP contribution is -2.30. The van der Waals surface area contributed by atoms with E-state index in [-0.39, 0.29) is 0 Å². The number of aromatic nitrogens is 5. The van der Waals surface area contributed by atoms with Gasteiger partial charge in [-0.2, -0.15) is 0 Å². The van der Waals surface area contributed by atoms with Crippen molar-refractivity contribution in [1.82, 2.24) is 24.1 Å². The van der Waals surface area contributed by atoms with Crippen LogP contribution in [0.3, 0.4) is 0 Å². The number of hydrogen-bond acceptors (Lipinski definition) is 4. The first-order valence-electron chi connectivity index (χ1n) is 23.6. The van der Waals surface area contributed by atoms with Gasteiger partial charge in [0.25, 0.3) is 0 Å². The first-order valence-corrected chi connectivity index (χ1v) is 23.6. The van der Waals surface area contributed by atoms with E-state index in [0.717, 1.165) is 79.5 Å². The predicted molar refractivity (Wildman–Crippen MR) is 283 cm³/mol. The molecule has 0 atom stereocenters. The summed E-state index contributed by atoms with van der Waals surface area (Å²) in [6.45, 7) is 0. The molecule has 1 aliphatic carbocycles. The first kappa shape index (κ1) is 39.1. The minimum absolute atomic E-state index is 0.573. The maximum absolute atomic E-state index is 6.39. The molecule has 6 heteroatoms. The summed E-state index contributed by atoms with van der Waals surface area (Å²) in [5.74, 6) is 1.76. The van der Waals surface area contributed by atoms with E-state index in [1.165, 1.54) is 48.9 Å². The SMILES string of the molecule is C1=c2c(n(-c3cc(-c4ccccc4)ccc3-c3nc(-c4ccccc4)nc(-c4ccc5c(c4)oc4ccccc45)n3)c3cccc(-c4cccc5c4c4ccccc4n5-c4ccccc4)c23)=CCC1. The van der Waals surface area contributed by atoms with Crippen molar-refractivity contribution in [3.63, 3.8) is 0 Å². The third-order valence-electron chi connectivity index (χ3n) is 13.8. The van der Waals surface area contributed by atoms with Crippen molar-refractivity contribution in [2.45, 2.75) is 12.8 Å². The van der Waals surface area contributed by atoms with Crippen LogP contribution in [0.2, 0.25) is 0 Å². The first-order chi connectivity index (χ1) is 34.2. The summed E-state index contributed by atoms with van der Waals surface area (Å²) in [6.07, 6.45) is 6.75. The van der Waals surface area contributed by atoms with Crippen LogP contribution in [0, 0.1) is 0 Å². The van der Waals surface area contributed by atoms with Crippen LogP contribution in [0.15, 0.2) is 217 Å². The fourth-order valence-corrected chi connectivity index (χ4v) is 10.7. The molecule has 0 saturated carbocycles. The molecule has 0 N–H and O–H groups in total. The summed E-state index contributed by atoms with van der Waals surface area (Å²) in [5, 5.41) is 8.24. The Bertz CT molecular complexity index is 4300. The molecule has 0 aliphatic heterocycles. The molecule has 0 unspecified atom stereocenters. The monoisotopic (exact) mass is 883 g/mol. The number of nitrogens with zero attached hydrogens (tertiary/aromatic N) is 5. The fourth-order valence-electron chi connectivity index (χ4n) is 10.7. The van der Waals surface area contributed by atoms with E-state index in [1.807, 2.05) is 36.4 Å². The van der Waals surface area contributed by atoms with Gasteiger partial charge in [-0.3, -0.25) is 0 Å². The van der Waals surface area contributed by atoms with Crippen molar-refractivity contribution in [1.29, 1.82) is 0 Å². The molecule has 0 radical (unpaired) electrons. The van der Waals surface area contributed by atoms with Crippen LogP contribution < -0.4 is 10.6 Å². The van der Waals surface area contributed by atoms with Gasteiger partial charge in [-0.25, -0.2) is 15.0 Å². The molecule has 0 fully saturated rings. The Hall–Kier alpha value is -9.13. The topological polar surface area (TPSA) is 61.7 Å². The van der Waals surface area contributed by atoms with Gasteiger partial charge in [0.05, 0.1) is 22.2 Å². The molecule has 13 aromatic rings. The molecule has 0 amide bonds. The second-order valence-electron chi connectivity index (χ2n) is 17.8. The van der Waals surface area contributed by atoms with Crippen LogP contribution >= 0.6 is 0 Å². The van der Waals surface area contributed by atoms with E-state index in [4.69, 9.17) is 19.4 Å². The minimum atomic E-state index is 0.573. The summed E-state index contributed by atoms with van der Waals surface area (Å²) < 4.78 is 11.3. The molecule has 0 spiro atoms. The van der Waals surface area contributed by atoms with Gasteiger partial charge in [0.2, 0.25) is 0 Å². The van der Waals surface area contributed by atoms with Gasteiger partial charge in [-0.15, -0.1) is 0 Å². The number of para-hydroxylation sites is 3. The zero-order chi connectivity index (χ0) is 45.4. The Morgan fingerprint density at radius 2 is 0.957 bits per heavy atom. The Morgan fingerprint density at radius 1 is 0.362 bits per heavy atom. The smallest absolute Gasteiger partial charge is 0.166 e. The van der Waals surface area contributed by atoms with Crippen molar-refractivity contribution in [3.8, 4) is 67.8 Å². The highest BCUT2D eigenvalue weighted by molar-refractivity contribution is 6.18. The van der Waals surface area contributed by atoms with E-state index in [1.54, 1.807) is 0 Å². The normalized spacial score (nSPS) is 12.5.